The van der Waals surface area contributed by atoms with Gasteiger partial charge in [-0.2, -0.15) is 5.10 Å². The van der Waals surface area contributed by atoms with E-state index in [0.717, 1.165) is 26.8 Å². The summed E-state index contributed by atoms with van der Waals surface area (Å²) in [6, 6.07) is 6.08. The lowest BCUT2D eigenvalue weighted by atomic mass is 10.1. The lowest BCUT2D eigenvalue weighted by Crippen LogP contribution is -2.02. The summed E-state index contributed by atoms with van der Waals surface area (Å²) in [5.74, 6) is 0. The third-order valence-electron chi connectivity index (χ3n) is 2.36. The molecule has 0 aliphatic rings. The molecule has 0 spiro atoms. The van der Waals surface area contributed by atoms with Crippen LogP contribution in [-0.2, 0) is 13.5 Å². The number of nitrogens with two attached hydrogens (primary N) is 1. The van der Waals surface area contributed by atoms with Crippen LogP contribution in [0.1, 0.15) is 5.56 Å². The van der Waals surface area contributed by atoms with Crippen LogP contribution in [0.25, 0.3) is 0 Å². The Morgan fingerprint density at radius 2 is 2.24 bits per heavy atom. The normalized spacial score (nSPS) is 10.8. The van der Waals surface area contributed by atoms with Gasteiger partial charge in [0.25, 0.3) is 0 Å². The second kappa shape index (κ2) is 5.58. The van der Waals surface area contributed by atoms with Gasteiger partial charge in [0, 0.05) is 23.2 Å². The molecule has 0 saturated heterocycles. The number of aromatic nitrogens is 2. The molecule has 3 nitrogen and oxygen atoms in total. The summed E-state index contributed by atoms with van der Waals surface area (Å²) in [6.45, 7) is 0.620. The molecule has 1 aromatic heterocycles. The van der Waals surface area contributed by atoms with E-state index in [1.807, 2.05) is 31.6 Å². The number of nitrogens with zero attached hydrogens (tertiary/aromatic N) is 2. The van der Waals surface area contributed by atoms with Crippen LogP contribution in [0, 0.1) is 0 Å². The van der Waals surface area contributed by atoms with Gasteiger partial charge in [0.2, 0.25) is 0 Å². The van der Waals surface area contributed by atoms with Crippen LogP contribution in [0.3, 0.4) is 0 Å². The van der Waals surface area contributed by atoms with Gasteiger partial charge in [0.15, 0.2) is 0 Å². The minimum atomic E-state index is 0.620. The van der Waals surface area contributed by atoms with Gasteiger partial charge in [-0.3, -0.25) is 4.68 Å². The van der Waals surface area contributed by atoms with E-state index < -0.39 is 0 Å². The van der Waals surface area contributed by atoms with Crippen molar-refractivity contribution >= 4 is 23.4 Å². The molecule has 2 aromatic rings. The molecule has 0 aliphatic carbocycles. The maximum absolute atomic E-state index is 6.19. The van der Waals surface area contributed by atoms with Gasteiger partial charge in [-0.15, -0.1) is 0 Å². The van der Waals surface area contributed by atoms with Crippen molar-refractivity contribution in [3.8, 4) is 0 Å². The van der Waals surface area contributed by atoms with Crippen LogP contribution in [0.5, 0.6) is 0 Å². The molecule has 2 rings (SSSR count). The van der Waals surface area contributed by atoms with Crippen molar-refractivity contribution in [2.45, 2.75) is 16.2 Å². The largest absolute Gasteiger partial charge is 0.330 e. The Morgan fingerprint density at radius 3 is 2.82 bits per heavy atom. The molecule has 90 valence electrons. The zero-order valence-electron chi connectivity index (χ0n) is 9.56. The highest BCUT2D eigenvalue weighted by molar-refractivity contribution is 7.99. The average Bonchev–Trinajstić information content (AvgIpc) is 2.68. The summed E-state index contributed by atoms with van der Waals surface area (Å²) in [5.41, 5.74) is 6.62. The van der Waals surface area contributed by atoms with E-state index in [2.05, 4.69) is 11.2 Å². The third kappa shape index (κ3) is 3.25. The van der Waals surface area contributed by atoms with Crippen molar-refractivity contribution in [2.24, 2.45) is 12.8 Å². The monoisotopic (exact) mass is 267 g/mol. The summed E-state index contributed by atoms with van der Waals surface area (Å²) in [5, 5.41) is 4.91. The molecule has 2 N–H and O–H groups in total. The van der Waals surface area contributed by atoms with Crippen LogP contribution >= 0.6 is 23.4 Å². The van der Waals surface area contributed by atoms with Gasteiger partial charge in [0.1, 0.15) is 0 Å². The molecule has 0 bridgehead atoms. The third-order valence-corrected chi connectivity index (χ3v) is 3.64. The lowest BCUT2D eigenvalue weighted by Gasteiger charge is -2.05. The first kappa shape index (κ1) is 12.5. The minimum absolute atomic E-state index is 0.620. The summed E-state index contributed by atoms with van der Waals surface area (Å²) in [4.78, 5) is 2.22. The Bertz CT molecular complexity index is 510. The summed E-state index contributed by atoms with van der Waals surface area (Å²) < 4.78 is 1.78. The van der Waals surface area contributed by atoms with E-state index in [-0.39, 0.29) is 0 Å². The molecule has 0 radical (unpaired) electrons. The Hall–Kier alpha value is -0.970. The number of rotatable bonds is 4. The number of aryl methyl sites for hydroxylation is 1. The first-order valence-electron chi connectivity index (χ1n) is 5.34. The van der Waals surface area contributed by atoms with Crippen LogP contribution in [0.2, 0.25) is 5.02 Å². The molecule has 0 unspecified atom stereocenters. The standard InChI is InChI=1S/C12H14ClN3S/c1-16-8-11(7-15-16)17-10-3-2-9(4-5-14)12(13)6-10/h2-3,6-8H,4-5,14H2,1H3. The van der Waals surface area contributed by atoms with Crippen LogP contribution in [0.4, 0.5) is 0 Å². The zero-order chi connectivity index (χ0) is 12.3. The zero-order valence-corrected chi connectivity index (χ0v) is 11.1. The van der Waals surface area contributed by atoms with E-state index in [1.165, 1.54) is 0 Å². The molecule has 1 heterocycles. The molecule has 1 aromatic carbocycles. The molecular weight excluding hydrogens is 254 g/mol. The van der Waals surface area contributed by atoms with Crippen molar-refractivity contribution in [3.63, 3.8) is 0 Å². The number of hydrogen-bond donors (Lipinski definition) is 1. The fourth-order valence-electron chi connectivity index (χ4n) is 1.54. The first-order valence-corrected chi connectivity index (χ1v) is 6.53. The van der Waals surface area contributed by atoms with E-state index >= 15 is 0 Å². The number of hydrogen-bond acceptors (Lipinski definition) is 3. The van der Waals surface area contributed by atoms with Crippen molar-refractivity contribution in [3.05, 3.63) is 41.2 Å². The van der Waals surface area contributed by atoms with Gasteiger partial charge in [-0.25, -0.2) is 0 Å². The topological polar surface area (TPSA) is 43.8 Å². The van der Waals surface area contributed by atoms with Crippen molar-refractivity contribution in [1.82, 2.24) is 9.78 Å². The van der Waals surface area contributed by atoms with Gasteiger partial charge < -0.3 is 5.73 Å². The van der Waals surface area contributed by atoms with Crippen molar-refractivity contribution in [2.75, 3.05) is 6.54 Å². The van der Waals surface area contributed by atoms with Gasteiger partial charge in [-0.05, 0) is 30.7 Å². The van der Waals surface area contributed by atoms with E-state index in [0.29, 0.717) is 6.54 Å². The highest BCUT2D eigenvalue weighted by atomic mass is 35.5. The van der Waals surface area contributed by atoms with E-state index in [1.54, 1.807) is 16.4 Å². The molecule has 0 saturated carbocycles. The smallest absolute Gasteiger partial charge is 0.0629 e. The fourth-order valence-corrected chi connectivity index (χ4v) is 2.77. The van der Waals surface area contributed by atoms with E-state index in [4.69, 9.17) is 17.3 Å². The highest BCUT2D eigenvalue weighted by Crippen LogP contribution is 2.30. The van der Waals surface area contributed by atoms with Gasteiger partial charge in [0.05, 0.1) is 11.1 Å². The quantitative estimate of drug-likeness (QED) is 0.926. The minimum Gasteiger partial charge on any atom is -0.330 e. The molecule has 0 fully saturated rings. The first-order chi connectivity index (χ1) is 8.19. The average molecular weight is 268 g/mol. The predicted octanol–water partition coefficient (Wildman–Crippen LogP) is 2.73. The lowest BCUT2D eigenvalue weighted by molar-refractivity contribution is 0.766. The summed E-state index contributed by atoms with van der Waals surface area (Å²) >= 11 is 7.84. The SMILES string of the molecule is Cn1cc(Sc2ccc(CCN)c(Cl)c2)cn1. The molecule has 17 heavy (non-hydrogen) atoms. The molecule has 0 aliphatic heterocycles. The summed E-state index contributed by atoms with van der Waals surface area (Å²) in [7, 11) is 1.90. The highest BCUT2D eigenvalue weighted by Gasteiger charge is 2.04. The molecular formula is C12H14ClN3S. The Morgan fingerprint density at radius 1 is 1.41 bits per heavy atom. The molecule has 5 heteroatoms. The second-order valence-electron chi connectivity index (χ2n) is 3.74. The maximum atomic E-state index is 6.19. The number of benzene rings is 1. The van der Waals surface area contributed by atoms with Crippen molar-refractivity contribution < 1.29 is 0 Å². The second-order valence-corrected chi connectivity index (χ2v) is 5.30. The fraction of sp³-hybridized carbons (Fsp3) is 0.250. The van der Waals surface area contributed by atoms with Crippen LogP contribution in [-0.4, -0.2) is 16.3 Å². The Kier molecular flexibility index (Phi) is 4.10. The number of halogens is 1. The Balaban J connectivity index is 2.14. The molecule has 0 atom stereocenters. The van der Waals surface area contributed by atoms with E-state index in [9.17, 15) is 0 Å². The van der Waals surface area contributed by atoms with Crippen LogP contribution < -0.4 is 5.73 Å². The van der Waals surface area contributed by atoms with Gasteiger partial charge in [-0.1, -0.05) is 29.4 Å². The predicted molar refractivity (Wildman–Crippen MR) is 71.5 cm³/mol. The Labute approximate surface area is 110 Å². The summed E-state index contributed by atoms with van der Waals surface area (Å²) in [6.07, 6.45) is 4.63. The van der Waals surface area contributed by atoms with Gasteiger partial charge >= 0.3 is 0 Å². The van der Waals surface area contributed by atoms with Crippen molar-refractivity contribution in [1.29, 1.82) is 0 Å². The maximum Gasteiger partial charge on any atom is 0.0629 e. The van der Waals surface area contributed by atoms with Crippen LogP contribution in [0.15, 0.2) is 40.4 Å². The molecule has 0 amide bonds.